The normalized spacial score (nSPS) is 32.1. The van der Waals surface area contributed by atoms with Crippen molar-refractivity contribution in [3.05, 3.63) is 40.9 Å². The molecule has 2 aliphatic heterocycles. The van der Waals surface area contributed by atoms with Gasteiger partial charge in [-0.2, -0.15) is 0 Å². The van der Waals surface area contributed by atoms with E-state index in [2.05, 4.69) is 0 Å². The number of carbonyl (C=O) groups excluding carboxylic acids is 2. The molecule has 2 amide bonds. The van der Waals surface area contributed by atoms with E-state index in [1.165, 1.54) is 11.9 Å². The van der Waals surface area contributed by atoms with Gasteiger partial charge < -0.3 is 14.8 Å². The van der Waals surface area contributed by atoms with Gasteiger partial charge in [-0.05, 0) is 48.9 Å². The number of aromatic hydroxyl groups is 1. The molecule has 4 rings (SSSR count). The van der Waals surface area contributed by atoms with E-state index in [4.69, 9.17) is 4.65 Å². The lowest BCUT2D eigenvalue weighted by Crippen LogP contribution is -2.44. The van der Waals surface area contributed by atoms with Crippen LogP contribution >= 0.6 is 0 Å². The molecule has 0 aromatic heterocycles. The largest absolute Gasteiger partial charge is 0.508 e. The van der Waals surface area contributed by atoms with Crippen molar-refractivity contribution in [1.29, 1.82) is 0 Å². The number of phenolic OH excluding ortho intramolecular Hbond substituents is 1. The summed E-state index contributed by atoms with van der Waals surface area (Å²) in [5, 5.41) is 20.3. The number of benzene rings is 1. The van der Waals surface area contributed by atoms with Gasteiger partial charge in [0, 0.05) is 7.05 Å². The maximum absolute atomic E-state index is 12.6. The lowest BCUT2D eigenvalue weighted by molar-refractivity contribution is -0.138. The van der Waals surface area contributed by atoms with Gasteiger partial charge in [0.05, 0.1) is 17.9 Å². The predicted octanol–water partition coefficient (Wildman–Crippen LogP) is 1.44. The average molecular weight is 341 g/mol. The highest BCUT2D eigenvalue weighted by Crippen LogP contribution is 2.51. The summed E-state index contributed by atoms with van der Waals surface area (Å²) in [5.41, 5.74) is 2.43. The predicted molar refractivity (Wildman–Crippen MR) is 90.1 cm³/mol. The SMILES string of the molecule is CC1=C2B(O)O[C@H](c3cccc(O)c3)C[C@H]2[C@H]2C(=O)N(C)C(=O)[C@H]2C1. The highest BCUT2D eigenvalue weighted by molar-refractivity contribution is 6.53. The molecule has 3 aliphatic rings. The van der Waals surface area contributed by atoms with Crippen molar-refractivity contribution in [3.8, 4) is 5.75 Å². The van der Waals surface area contributed by atoms with Gasteiger partial charge in [0.2, 0.25) is 11.8 Å². The first-order valence-electron chi connectivity index (χ1n) is 8.52. The second kappa shape index (κ2) is 5.71. The Morgan fingerprint density at radius 2 is 2.00 bits per heavy atom. The molecule has 0 radical (unpaired) electrons. The Kier molecular flexibility index (Phi) is 3.74. The van der Waals surface area contributed by atoms with Crippen molar-refractivity contribution >= 4 is 18.9 Å². The summed E-state index contributed by atoms with van der Waals surface area (Å²) < 4.78 is 5.78. The zero-order chi connectivity index (χ0) is 17.9. The minimum Gasteiger partial charge on any atom is -0.508 e. The van der Waals surface area contributed by atoms with Crippen LogP contribution in [0.1, 0.15) is 31.4 Å². The summed E-state index contributed by atoms with van der Waals surface area (Å²) in [6.07, 6.45) is 0.556. The van der Waals surface area contributed by atoms with Crippen LogP contribution in [0, 0.1) is 17.8 Å². The van der Waals surface area contributed by atoms with Gasteiger partial charge in [0.25, 0.3) is 0 Å². The summed E-state index contributed by atoms with van der Waals surface area (Å²) in [4.78, 5) is 26.3. The van der Waals surface area contributed by atoms with Crippen molar-refractivity contribution in [2.24, 2.45) is 17.8 Å². The molecule has 2 fully saturated rings. The lowest BCUT2D eigenvalue weighted by atomic mass is 9.55. The third-order valence-corrected chi connectivity index (χ3v) is 5.82. The van der Waals surface area contributed by atoms with E-state index in [9.17, 15) is 19.7 Å². The molecule has 130 valence electrons. The Morgan fingerprint density at radius 1 is 1.24 bits per heavy atom. The van der Waals surface area contributed by atoms with Gasteiger partial charge in [-0.3, -0.25) is 14.5 Å². The standard InChI is InChI=1S/C18H20BNO5/c1-9-6-13-15(18(23)20(2)17(13)22)12-8-14(25-19(24)16(9)12)10-4-3-5-11(21)7-10/h3-5,7,12-15,21,24H,6,8H2,1-2H3/t12-,13-,14-,15+/m0/s1. The smallest absolute Gasteiger partial charge is 0.487 e. The number of likely N-dealkylation sites (tertiary alicyclic amines) is 1. The van der Waals surface area contributed by atoms with Crippen LogP contribution in [0.25, 0.3) is 0 Å². The van der Waals surface area contributed by atoms with Gasteiger partial charge in [0.1, 0.15) is 5.75 Å². The Labute approximate surface area is 146 Å². The Hall–Kier alpha value is -2.12. The highest BCUT2D eigenvalue weighted by Gasteiger charge is 2.56. The number of hydrogen-bond acceptors (Lipinski definition) is 5. The minimum absolute atomic E-state index is 0.126. The molecule has 7 heteroatoms. The Balaban J connectivity index is 1.73. The number of hydrogen-bond donors (Lipinski definition) is 2. The first-order valence-corrected chi connectivity index (χ1v) is 8.52. The van der Waals surface area contributed by atoms with E-state index in [-0.39, 0.29) is 29.4 Å². The number of imide groups is 1. The second-order valence-electron chi connectivity index (χ2n) is 7.22. The number of carbonyl (C=O) groups is 2. The number of rotatable bonds is 1. The molecule has 1 aromatic rings. The summed E-state index contributed by atoms with van der Waals surface area (Å²) in [6, 6.07) is 6.72. The van der Waals surface area contributed by atoms with Crippen LogP contribution in [0.5, 0.6) is 5.75 Å². The molecule has 0 spiro atoms. The van der Waals surface area contributed by atoms with Crippen LogP contribution in [0.4, 0.5) is 0 Å². The summed E-state index contributed by atoms with van der Waals surface area (Å²) >= 11 is 0. The maximum Gasteiger partial charge on any atom is 0.487 e. The molecule has 0 unspecified atom stereocenters. The van der Waals surface area contributed by atoms with E-state index in [1.54, 1.807) is 18.2 Å². The van der Waals surface area contributed by atoms with Crippen LogP contribution < -0.4 is 0 Å². The van der Waals surface area contributed by atoms with E-state index >= 15 is 0 Å². The van der Waals surface area contributed by atoms with Crippen LogP contribution in [0.3, 0.4) is 0 Å². The third kappa shape index (κ3) is 2.41. The molecule has 0 bridgehead atoms. The monoisotopic (exact) mass is 341 g/mol. The molecule has 2 heterocycles. The third-order valence-electron chi connectivity index (χ3n) is 5.82. The van der Waals surface area contributed by atoms with Crippen molar-refractivity contribution < 1.29 is 24.4 Å². The Bertz CT molecular complexity index is 791. The molecular formula is C18H20BNO5. The van der Waals surface area contributed by atoms with Crippen LogP contribution in [-0.2, 0) is 14.2 Å². The van der Waals surface area contributed by atoms with Crippen molar-refractivity contribution in [2.75, 3.05) is 7.05 Å². The summed E-state index contributed by atoms with van der Waals surface area (Å²) in [7, 11) is 0.432. The summed E-state index contributed by atoms with van der Waals surface area (Å²) in [5.74, 6) is -1.19. The van der Waals surface area contributed by atoms with Gasteiger partial charge in [-0.15, -0.1) is 0 Å². The van der Waals surface area contributed by atoms with Crippen LogP contribution in [0.2, 0.25) is 0 Å². The molecule has 6 nitrogen and oxygen atoms in total. The molecule has 0 saturated carbocycles. The van der Waals surface area contributed by atoms with Gasteiger partial charge >= 0.3 is 7.12 Å². The fraction of sp³-hybridized carbons (Fsp3) is 0.444. The van der Waals surface area contributed by atoms with Crippen LogP contribution in [0.15, 0.2) is 35.3 Å². The molecule has 2 saturated heterocycles. The van der Waals surface area contributed by atoms with Gasteiger partial charge in [-0.25, -0.2) is 0 Å². The maximum atomic E-state index is 12.6. The fourth-order valence-corrected chi connectivity index (χ4v) is 4.65. The topological polar surface area (TPSA) is 87.1 Å². The van der Waals surface area contributed by atoms with E-state index in [0.29, 0.717) is 12.8 Å². The molecule has 1 aromatic carbocycles. The van der Waals surface area contributed by atoms with Crippen LogP contribution in [-0.4, -0.2) is 41.0 Å². The number of amides is 2. The number of nitrogens with zero attached hydrogens (tertiary/aromatic N) is 1. The van der Waals surface area contributed by atoms with E-state index in [1.807, 2.05) is 13.0 Å². The molecule has 2 N–H and O–H groups in total. The quantitative estimate of drug-likeness (QED) is 0.596. The molecule has 25 heavy (non-hydrogen) atoms. The molecule has 4 atom stereocenters. The zero-order valence-corrected chi connectivity index (χ0v) is 14.2. The molecule has 1 aliphatic carbocycles. The van der Waals surface area contributed by atoms with E-state index in [0.717, 1.165) is 16.6 Å². The first-order chi connectivity index (χ1) is 11.9. The van der Waals surface area contributed by atoms with Crippen molar-refractivity contribution in [1.82, 2.24) is 4.90 Å². The molecular weight excluding hydrogens is 321 g/mol. The number of phenols is 1. The minimum atomic E-state index is -1.10. The second-order valence-corrected chi connectivity index (χ2v) is 7.22. The number of allylic oxidation sites excluding steroid dienone is 2. The lowest BCUT2D eigenvalue weighted by Gasteiger charge is -2.41. The van der Waals surface area contributed by atoms with E-state index < -0.39 is 19.1 Å². The fourth-order valence-electron chi connectivity index (χ4n) is 4.65. The number of fused-ring (bicyclic) bond motifs is 3. The van der Waals surface area contributed by atoms with Gasteiger partial charge in [-0.1, -0.05) is 17.7 Å². The van der Waals surface area contributed by atoms with Crippen molar-refractivity contribution in [3.63, 3.8) is 0 Å². The highest BCUT2D eigenvalue weighted by atomic mass is 16.5. The zero-order valence-electron chi connectivity index (χ0n) is 14.2. The summed E-state index contributed by atoms with van der Waals surface area (Å²) in [6.45, 7) is 1.90. The average Bonchev–Trinajstić information content (AvgIpc) is 2.79. The van der Waals surface area contributed by atoms with Crippen molar-refractivity contribution in [2.45, 2.75) is 25.9 Å². The van der Waals surface area contributed by atoms with Gasteiger partial charge in [0.15, 0.2) is 0 Å². The first kappa shape index (κ1) is 16.4. The Morgan fingerprint density at radius 3 is 2.72 bits per heavy atom.